The molecule has 2 aromatic rings. The Bertz CT molecular complexity index is 1140. The van der Waals surface area contributed by atoms with E-state index in [0.717, 1.165) is 42.8 Å². The highest BCUT2D eigenvalue weighted by Gasteiger charge is 2.38. The number of carbonyl (C=O) groups is 3. The number of rotatable bonds is 7. The molecule has 4 rings (SSSR count). The third-order valence-corrected chi connectivity index (χ3v) is 5.92. The first-order valence-electron chi connectivity index (χ1n) is 11.0. The Balaban J connectivity index is 1.67. The van der Waals surface area contributed by atoms with Crippen LogP contribution < -0.4 is 24.6 Å². The maximum Gasteiger partial charge on any atom is 0.336 e. The van der Waals surface area contributed by atoms with Crippen LogP contribution in [-0.2, 0) is 16.0 Å². The van der Waals surface area contributed by atoms with Gasteiger partial charge in [-0.05, 0) is 54.3 Å². The van der Waals surface area contributed by atoms with Crippen molar-refractivity contribution in [3.05, 3.63) is 53.1 Å². The fraction of sp³-hybridized carbons (Fsp3) is 0.320. The molecule has 0 bridgehead atoms. The molecule has 0 aromatic heterocycles. The van der Waals surface area contributed by atoms with Crippen molar-refractivity contribution in [2.45, 2.75) is 26.2 Å². The van der Waals surface area contributed by atoms with Crippen LogP contribution >= 0.6 is 0 Å². The van der Waals surface area contributed by atoms with Crippen LogP contribution in [0.5, 0.6) is 11.5 Å². The fourth-order valence-corrected chi connectivity index (χ4v) is 4.18. The second-order valence-electron chi connectivity index (χ2n) is 7.97. The number of ether oxygens (including phenoxy) is 2. The summed E-state index contributed by atoms with van der Waals surface area (Å²) in [6.45, 7) is 4.16. The molecule has 0 radical (unpaired) electrons. The van der Waals surface area contributed by atoms with E-state index >= 15 is 0 Å². The summed E-state index contributed by atoms with van der Waals surface area (Å²) in [5, 5.41) is 2.25. The maximum atomic E-state index is 13.3. The van der Waals surface area contributed by atoms with Crippen molar-refractivity contribution in [1.29, 1.82) is 0 Å². The number of carbonyl (C=O) groups excluding carboxylic acids is 3. The number of unbranched alkanes of at least 4 members (excludes halogenated alkanes) is 1. The molecule has 33 heavy (non-hydrogen) atoms. The highest BCUT2D eigenvalue weighted by Crippen LogP contribution is 2.35. The summed E-state index contributed by atoms with van der Waals surface area (Å²) in [7, 11) is 2.92. The average molecular weight is 450 g/mol. The van der Waals surface area contributed by atoms with Gasteiger partial charge >= 0.3 is 6.03 Å². The number of amides is 4. The summed E-state index contributed by atoms with van der Waals surface area (Å²) >= 11 is 0. The van der Waals surface area contributed by atoms with Crippen molar-refractivity contribution in [2.24, 2.45) is 0 Å². The zero-order valence-corrected chi connectivity index (χ0v) is 19.0. The molecule has 0 spiro atoms. The van der Waals surface area contributed by atoms with Crippen LogP contribution in [0.2, 0.25) is 0 Å². The number of anilines is 2. The number of hydrogen-bond donors (Lipinski definition) is 1. The molecule has 8 nitrogen and oxygen atoms in total. The van der Waals surface area contributed by atoms with Crippen molar-refractivity contribution in [3.8, 4) is 11.5 Å². The van der Waals surface area contributed by atoms with Crippen LogP contribution in [0.25, 0.3) is 6.08 Å². The van der Waals surface area contributed by atoms with Gasteiger partial charge in [-0.2, -0.15) is 0 Å². The first kappa shape index (κ1) is 22.4. The SMILES string of the molecule is CCCCN1CCc2cc(/C=C3\C(=O)NC(=O)N(c4cc(OC)ccc4OC)C3=O)ccc21. The number of urea groups is 1. The van der Waals surface area contributed by atoms with E-state index in [9.17, 15) is 14.4 Å². The number of barbiturate groups is 1. The van der Waals surface area contributed by atoms with Crippen LogP contribution in [0.4, 0.5) is 16.2 Å². The molecule has 2 aliphatic rings. The van der Waals surface area contributed by atoms with Crippen molar-refractivity contribution in [2.75, 3.05) is 37.1 Å². The van der Waals surface area contributed by atoms with E-state index in [1.54, 1.807) is 12.1 Å². The van der Waals surface area contributed by atoms with Gasteiger partial charge in [0.05, 0.1) is 19.9 Å². The van der Waals surface area contributed by atoms with Gasteiger partial charge in [0, 0.05) is 24.8 Å². The third kappa shape index (κ3) is 4.28. The number of benzene rings is 2. The van der Waals surface area contributed by atoms with Crippen LogP contribution in [0.15, 0.2) is 42.0 Å². The highest BCUT2D eigenvalue weighted by molar-refractivity contribution is 6.39. The van der Waals surface area contributed by atoms with Crippen LogP contribution in [-0.4, -0.2) is 45.2 Å². The Morgan fingerprint density at radius 1 is 1.03 bits per heavy atom. The molecular formula is C25H27N3O5. The lowest BCUT2D eigenvalue weighted by Gasteiger charge is -2.27. The standard InChI is InChI=1S/C25H27N3O5/c1-4-5-11-27-12-10-17-13-16(6-8-20(17)27)14-19-23(29)26-25(31)28(24(19)30)21-15-18(32-2)7-9-22(21)33-3/h6-9,13-15H,4-5,10-12H2,1-3H3,(H,26,29,31)/b19-14+. The van der Waals surface area contributed by atoms with Gasteiger partial charge in [-0.25, -0.2) is 9.69 Å². The Labute approximate surface area is 192 Å². The highest BCUT2D eigenvalue weighted by atomic mass is 16.5. The summed E-state index contributed by atoms with van der Waals surface area (Å²) < 4.78 is 10.5. The molecule has 0 unspecified atom stereocenters. The van der Waals surface area contributed by atoms with Gasteiger partial charge in [0.25, 0.3) is 11.8 Å². The van der Waals surface area contributed by atoms with Crippen molar-refractivity contribution < 1.29 is 23.9 Å². The predicted octanol–water partition coefficient (Wildman–Crippen LogP) is 3.53. The predicted molar refractivity (Wildman–Crippen MR) is 126 cm³/mol. The topological polar surface area (TPSA) is 88.2 Å². The average Bonchev–Trinajstić information content (AvgIpc) is 3.22. The Morgan fingerprint density at radius 3 is 2.58 bits per heavy atom. The van der Waals surface area contributed by atoms with Gasteiger partial charge in [-0.15, -0.1) is 0 Å². The van der Waals surface area contributed by atoms with Crippen LogP contribution in [0, 0.1) is 0 Å². The van der Waals surface area contributed by atoms with Gasteiger partial charge < -0.3 is 14.4 Å². The van der Waals surface area contributed by atoms with E-state index in [0.29, 0.717) is 11.5 Å². The van der Waals surface area contributed by atoms with Crippen LogP contribution in [0.3, 0.4) is 0 Å². The molecule has 1 saturated heterocycles. The van der Waals surface area contributed by atoms with Crippen LogP contribution in [0.1, 0.15) is 30.9 Å². The summed E-state index contributed by atoms with van der Waals surface area (Å²) in [6, 6.07) is 9.86. The summed E-state index contributed by atoms with van der Waals surface area (Å²) in [5.74, 6) is -0.702. The first-order chi connectivity index (χ1) is 16.0. The normalized spacial score (nSPS) is 16.8. The number of methoxy groups -OCH3 is 2. The van der Waals surface area contributed by atoms with E-state index in [-0.39, 0.29) is 11.3 Å². The van der Waals surface area contributed by atoms with Crippen molar-refractivity contribution >= 4 is 35.3 Å². The minimum absolute atomic E-state index is 0.125. The van der Waals surface area contributed by atoms with Crippen molar-refractivity contribution in [3.63, 3.8) is 0 Å². The number of hydrogen-bond acceptors (Lipinski definition) is 6. The second-order valence-corrected chi connectivity index (χ2v) is 7.97. The lowest BCUT2D eigenvalue weighted by Crippen LogP contribution is -2.54. The quantitative estimate of drug-likeness (QED) is 0.514. The molecule has 2 heterocycles. The molecule has 2 aliphatic heterocycles. The number of imide groups is 2. The largest absolute Gasteiger partial charge is 0.497 e. The molecule has 0 aliphatic carbocycles. The zero-order chi connectivity index (χ0) is 23.5. The van der Waals surface area contributed by atoms with Gasteiger partial charge in [-0.3, -0.25) is 14.9 Å². The van der Waals surface area contributed by atoms with Crippen molar-refractivity contribution in [1.82, 2.24) is 5.32 Å². The molecule has 0 atom stereocenters. The summed E-state index contributed by atoms with van der Waals surface area (Å²) in [6.07, 6.45) is 4.72. The third-order valence-electron chi connectivity index (χ3n) is 5.92. The first-order valence-corrected chi connectivity index (χ1v) is 11.0. The number of nitrogens with one attached hydrogen (secondary N) is 1. The molecule has 0 saturated carbocycles. The summed E-state index contributed by atoms with van der Waals surface area (Å²) in [4.78, 5) is 41.7. The molecule has 4 amide bonds. The summed E-state index contributed by atoms with van der Waals surface area (Å²) in [5.41, 5.74) is 3.18. The molecule has 1 N–H and O–H groups in total. The number of nitrogens with zero attached hydrogens (tertiary/aromatic N) is 2. The van der Waals surface area contributed by atoms with E-state index in [2.05, 4.69) is 17.1 Å². The van der Waals surface area contributed by atoms with E-state index in [1.807, 2.05) is 18.2 Å². The van der Waals surface area contributed by atoms with Gasteiger partial charge in [0.2, 0.25) is 0 Å². The van der Waals surface area contributed by atoms with E-state index in [1.165, 1.54) is 37.6 Å². The fourth-order valence-electron chi connectivity index (χ4n) is 4.18. The molecule has 8 heteroatoms. The minimum atomic E-state index is -0.839. The van der Waals surface area contributed by atoms with E-state index in [4.69, 9.17) is 9.47 Å². The van der Waals surface area contributed by atoms with E-state index < -0.39 is 17.8 Å². The lowest BCUT2D eigenvalue weighted by molar-refractivity contribution is -0.122. The Kier molecular flexibility index (Phi) is 6.35. The zero-order valence-electron chi connectivity index (χ0n) is 19.0. The molecular weight excluding hydrogens is 422 g/mol. The maximum absolute atomic E-state index is 13.3. The Morgan fingerprint density at radius 2 is 1.85 bits per heavy atom. The van der Waals surface area contributed by atoms with Gasteiger partial charge in [0.1, 0.15) is 17.1 Å². The molecule has 172 valence electrons. The molecule has 1 fully saturated rings. The lowest BCUT2D eigenvalue weighted by atomic mass is 10.0. The number of fused-ring (bicyclic) bond motifs is 1. The Hall–Kier alpha value is -3.81. The molecule has 2 aromatic carbocycles. The monoisotopic (exact) mass is 449 g/mol. The minimum Gasteiger partial charge on any atom is -0.497 e. The van der Waals surface area contributed by atoms with Gasteiger partial charge in [0.15, 0.2) is 0 Å². The van der Waals surface area contributed by atoms with Gasteiger partial charge in [-0.1, -0.05) is 19.4 Å². The second kappa shape index (κ2) is 9.36. The smallest absolute Gasteiger partial charge is 0.336 e.